The fourth-order valence-electron chi connectivity index (χ4n) is 4.57. The molecule has 1 atom stereocenters. The van der Waals surface area contributed by atoms with Gasteiger partial charge in [0.15, 0.2) is 0 Å². The van der Waals surface area contributed by atoms with Crippen molar-refractivity contribution in [3.63, 3.8) is 0 Å². The Morgan fingerprint density at radius 2 is 2.00 bits per heavy atom. The van der Waals surface area contributed by atoms with Crippen LogP contribution in [0, 0.1) is 0 Å². The van der Waals surface area contributed by atoms with E-state index in [2.05, 4.69) is 53.9 Å². The summed E-state index contributed by atoms with van der Waals surface area (Å²) >= 11 is 0. The summed E-state index contributed by atoms with van der Waals surface area (Å²) in [7, 11) is 0. The van der Waals surface area contributed by atoms with Crippen LogP contribution in [0.25, 0.3) is 0 Å². The van der Waals surface area contributed by atoms with E-state index in [1.807, 2.05) is 4.90 Å². The Hall–Kier alpha value is -1.63. The summed E-state index contributed by atoms with van der Waals surface area (Å²) < 4.78 is 6.48. The maximum atomic E-state index is 12.7. The Labute approximate surface area is 155 Å². The molecule has 4 rings (SSSR count). The molecular weight excluding hydrogens is 328 g/mol. The lowest BCUT2D eigenvalue weighted by Gasteiger charge is -2.42. The van der Waals surface area contributed by atoms with Crippen molar-refractivity contribution in [2.45, 2.75) is 50.8 Å². The van der Waals surface area contributed by atoms with Gasteiger partial charge >= 0.3 is 0 Å². The molecule has 26 heavy (non-hydrogen) atoms. The van der Waals surface area contributed by atoms with Gasteiger partial charge in [0.1, 0.15) is 6.04 Å². The van der Waals surface area contributed by atoms with Gasteiger partial charge in [-0.05, 0) is 39.2 Å². The summed E-state index contributed by atoms with van der Waals surface area (Å²) in [5.74, 6) is 0.218. The minimum Gasteiger partial charge on any atom is -0.368 e. The highest BCUT2D eigenvalue weighted by Crippen LogP contribution is 2.43. The number of para-hydroxylation sites is 1. The molecule has 1 aromatic carbocycles. The number of ether oxygens (including phenoxy) is 1. The van der Waals surface area contributed by atoms with E-state index in [0.717, 1.165) is 52.0 Å². The number of nitrogens with zero attached hydrogens (tertiary/aromatic N) is 2. The average Bonchev–Trinajstić information content (AvgIpc) is 3.15. The molecule has 2 fully saturated rings. The average molecular weight is 358 g/mol. The Bertz CT molecular complexity index is 649. The fraction of sp³-hybridized carbons (Fsp3) is 0.650. The highest BCUT2D eigenvalue weighted by molar-refractivity contribution is 5.82. The van der Waals surface area contributed by atoms with Crippen LogP contribution < -0.4 is 15.8 Å². The number of rotatable bonds is 2. The van der Waals surface area contributed by atoms with Crippen LogP contribution in [0.1, 0.15) is 38.7 Å². The maximum absolute atomic E-state index is 12.7. The van der Waals surface area contributed by atoms with Gasteiger partial charge in [-0.25, -0.2) is 5.43 Å². The molecule has 0 radical (unpaired) electrons. The molecule has 2 N–H and O–H groups in total. The lowest BCUT2D eigenvalue weighted by Crippen LogP contribution is -2.51. The first-order valence-electron chi connectivity index (χ1n) is 9.88. The second-order valence-corrected chi connectivity index (χ2v) is 7.88. The van der Waals surface area contributed by atoms with Crippen molar-refractivity contribution in [3.8, 4) is 0 Å². The maximum Gasteiger partial charge on any atom is 0.241 e. The van der Waals surface area contributed by atoms with Gasteiger partial charge in [0.2, 0.25) is 5.91 Å². The quantitative estimate of drug-likeness (QED) is 0.841. The van der Waals surface area contributed by atoms with E-state index in [1.54, 1.807) is 0 Å². The zero-order chi connectivity index (χ0) is 18.1. The lowest BCUT2D eigenvalue weighted by molar-refractivity contribution is -0.140. The third-order valence-corrected chi connectivity index (χ3v) is 6.05. The number of carbonyl (C=O) groups excluding carboxylic acids is 1. The number of benzene rings is 1. The number of amides is 1. The topological polar surface area (TPSA) is 56.8 Å². The highest BCUT2D eigenvalue weighted by atomic mass is 16.5. The van der Waals surface area contributed by atoms with Gasteiger partial charge in [-0.3, -0.25) is 10.2 Å². The molecule has 3 heterocycles. The van der Waals surface area contributed by atoms with Crippen molar-refractivity contribution in [2.75, 3.05) is 37.7 Å². The van der Waals surface area contributed by atoms with Crippen LogP contribution in [0.3, 0.4) is 0 Å². The lowest BCUT2D eigenvalue weighted by atomic mass is 9.82. The summed E-state index contributed by atoms with van der Waals surface area (Å²) in [4.78, 5) is 17.1. The van der Waals surface area contributed by atoms with Crippen LogP contribution in [-0.4, -0.2) is 55.7 Å². The predicted octanol–water partition coefficient (Wildman–Crippen LogP) is 1.62. The molecular formula is C20H30N4O2. The molecule has 142 valence electrons. The van der Waals surface area contributed by atoms with Gasteiger partial charge in [0.05, 0.1) is 12.2 Å². The van der Waals surface area contributed by atoms with E-state index >= 15 is 0 Å². The first kappa shape index (κ1) is 17.8. The van der Waals surface area contributed by atoms with Crippen LogP contribution in [0.15, 0.2) is 24.3 Å². The van der Waals surface area contributed by atoms with E-state index in [0.29, 0.717) is 6.04 Å². The van der Waals surface area contributed by atoms with Crippen molar-refractivity contribution in [1.29, 1.82) is 0 Å². The molecule has 3 aliphatic rings. The van der Waals surface area contributed by atoms with Gasteiger partial charge in [0.25, 0.3) is 0 Å². The van der Waals surface area contributed by atoms with E-state index in [9.17, 15) is 4.79 Å². The van der Waals surface area contributed by atoms with Gasteiger partial charge in [0, 0.05) is 43.5 Å². The molecule has 2 saturated heterocycles. The number of fused-ring (bicyclic) bond motifs is 2. The number of likely N-dealkylation sites (tertiary alicyclic amines) is 1. The van der Waals surface area contributed by atoms with E-state index < -0.39 is 0 Å². The molecule has 0 aliphatic carbocycles. The molecule has 1 amide bonds. The van der Waals surface area contributed by atoms with Crippen LogP contribution in [0.2, 0.25) is 0 Å². The summed E-state index contributed by atoms with van der Waals surface area (Å²) in [6.07, 6.45) is 2.59. The summed E-state index contributed by atoms with van der Waals surface area (Å²) in [5.41, 5.74) is 8.47. The molecule has 1 spiro atoms. The number of hydrogen-bond acceptors (Lipinski definition) is 5. The smallest absolute Gasteiger partial charge is 0.241 e. The zero-order valence-electron chi connectivity index (χ0n) is 15.8. The van der Waals surface area contributed by atoms with Crippen LogP contribution in [0.4, 0.5) is 5.69 Å². The second-order valence-electron chi connectivity index (χ2n) is 7.88. The Balaban J connectivity index is 1.55. The number of anilines is 1. The van der Waals surface area contributed by atoms with Crippen molar-refractivity contribution in [1.82, 2.24) is 15.8 Å². The van der Waals surface area contributed by atoms with Gasteiger partial charge in [-0.15, -0.1) is 0 Å². The summed E-state index contributed by atoms with van der Waals surface area (Å²) in [6, 6.07) is 9.03. The van der Waals surface area contributed by atoms with E-state index in [-0.39, 0.29) is 17.6 Å². The number of piperidine rings is 1. The normalized spacial score (nSPS) is 25.4. The summed E-state index contributed by atoms with van der Waals surface area (Å²) in [6.45, 7) is 8.48. The monoisotopic (exact) mass is 358 g/mol. The van der Waals surface area contributed by atoms with Crippen LogP contribution in [0.5, 0.6) is 0 Å². The molecule has 1 aromatic rings. The van der Waals surface area contributed by atoms with E-state index in [1.165, 1.54) is 11.3 Å². The summed E-state index contributed by atoms with van der Waals surface area (Å²) in [5, 5.41) is 0. The van der Waals surface area contributed by atoms with Crippen LogP contribution >= 0.6 is 0 Å². The molecule has 1 unspecified atom stereocenters. The SMILES string of the molecule is CC(C)N1CCOC2(CCN(C(=O)C3CCNN3)CC2)c2ccccc21. The van der Waals surface area contributed by atoms with Gasteiger partial charge < -0.3 is 14.5 Å². The molecule has 6 nitrogen and oxygen atoms in total. The first-order chi connectivity index (χ1) is 12.6. The molecule has 0 bridgehead atoms. The van der Waals surface area contributed by atoms with Crippen molar-refractivity contribution >= 4 is 11.6 Å². The van der Waals surface area contributed by atoms with Crippen LogP contribution in [-0.2, 0) is 15.1 Å². The van der Waals surface area contributed by atoms with Crippen molar-refractivity contribution in [2.24, 2.45) is 0 Å². The Kier molecular flexibility index (Phi) is 4.90. The van der Waals surface area contributed by atoms with Crippen molar-refractivity contribution in [3.05, 3.63) is 29.8 Å². The number of hydrazine groups is 1. The van der Waals surface area contributed by atoms with Gasteiger partial charge in [-0.2, -0.15) is 0 Å². The number of carbonyl (C=O) groups is 1. The minimum absolute atomic E-state index is 0.0807. The zero-order valence-corrected chi connectivity index (χ0v) is 15.8. The fourth-order valence-corrected chi connectivity index (χ4v) is 4.57. The number of nitrogens with one attached hydrogen (secondary N) is 2. The standard InChI is InChI=1S/C20H30N4O2/c1-15(2)24-13-14-26-20(16-5-3-4-6-18(16)24)8-11-23(12-9-20)19(25)17-7-10-21-22-17/h3-6,15,17,21-22H,7-14H2,1-2H3. The highest BCUT2D eigenvalue weighted by Gasteiger charge is 2.43. The number of hydrogen-bond donors (Lipinski definition) is 2. The first-order valence-corrected chi connectivity index (χ1v) is 9.88. The molecule has 0 aromatic heterocycles. The third kappa shape index (κ3) is 3.10. The Morgan fingerprint density at radius 1 is 1.23 bits per heavy atom. The van der Waals surface area contributed by atoms with E-state index in [4.69, 9.17) is 4.74 Å². The van der Waals surface area contributed by atoms with Gasteiger partial charge in [-0.1, -0.05) is 18.2 Å². The largest absolute Gasteiger partial charge is 0.368 e. The molecule has 6 heteroatoms. The Morgan fingerprint density at radius 3 is 2.69 bits per heavy atom. The second kappa shape index (κ2) is 7.18. The minimum atomic E-state index is -0.266. The molecule has 3 aliphatic heterocycles. The third-order valence-electron chi connectivity index (χ3n) is 6.05. The van der Waals surface area contributed by atoms with Crippen molar-refractivity contribution < 1.29 is 9.53 Å². The molecule has 0 saturated carbocycles. The predicted molar refractivity (Wildman–Crippen MR) is 102 cm³/mol.